The molecule has 1 saturated heterocycles. The van der Waals surface area contributed by atoms with Gasteiger partial charge in [-0.15, -0.1) is 0 Å². The Balaban J connectivity index is 0.00000937. The van der Waals surface area contributed by atoms with E-state index in [-0.39, 0.29) is 81.9 Å². The Bertz CT molecular complexity index is 2660. The number of aliphatic hydroxyl groups is 1. The van der Waals surface area contributed by atoms with E-state index >= 15 is 0 Å². The molecule has 0 bridgehead atoms. The van der Waals surface area contributed by atoms with Gasteiger partial charge in [-0.25, -0.2) is 29.3 Å². The van der Waals surface area contributed by atoms with E-state index in [1.807, 2.05) is 0 Å². The zero-order chi connectivity index (χ0) is 53.9. The molecular weight excluding hydrogens is 1130 g/mol. The number of nitrogens with zero attached hydrogens (tertiary/aromatic N) is 6. The number of ether oxygens (including phenoxy) is 8. The van der Waals surface area contributed by atoms with Gasteiger partial charge >= 0.3 is 56.5 Å². The van der Waals surface area contributed by atoms with Crippen LogP contribution in [0.15, 0.2) is 72.8 Å². The van der Waals surface area contributed by atoms with Gasteiger partial charge in [0.15, 0.2) is 0 Å². The van der Waals surface area contributed by atoms with Crippen molar-refractivity contribution in [2.24, 2.45) is 0 Å². The third-order valence-electron chi connectivity index (χ3n) is 12.7. The minimum atomic E-state index is -1.24. The fourth-order valence-corrected chi connectivity index (χ4v) is 9.04. The molecule has 0 spiro atoms. The predicted octanol–water partition coefficient (Wildman–Crippen LogP) is 6.35. The third-order valence-corrected chi connectivity index (χ3v) is 12.7. The van der Waals surface area contributed by atoms with Crippen molar-refractivity contribution in [1.82, 2.24) is 29.7 Å². The number of carbonyl (C=O) groups is 3. The number of aliphatic hydroxyl groups excluding tert-OH is 1. The minimum Gasteiger partial charge on any atom is -0.496 e. The second-order valence-electron chi connectivity index (χ2n) is 17.3. The van der Waals surface area contributed by atoms with E-state index in [1.54, 1.807) is 54.6 Å². The number of methoxy groups -OCH3 is 8. The van der Waals surface area contributed by atoms with Crippen molar-refractivity contribution in [2.75, 3.05) is 96.1 Å². The SMILES string of the molecule is COc1cc(OC)c(-c2cc(CN3CCN(Cc4cc(-c5c(OC)cc(CO)cc5OC)cc(C(=O)O)n4)CCN(Cc4cc(-c5c(OC)cc(OC)cc5OC)cc(C(=O)O)n4)CC3)nc(C(=O)O)c2)c(OC)c1.[Tb+3]. The molecule has 4 heterocycles. The molecule has 0 radical (unpaired) electrons. The van der Waals surface area contributed by atoms with Crippen LogP contribution in [0.3, 0.4) is 0 Å². The van der Waals surface area contributed by atoms with Crippen LogP contribution in [0.25, 0.3) is 33.4 Å². The molecule has 3 aromatic carbocycles. The maximum Gasteiger partial charge on any atom is 3.00 e. The van der Waals surface area contributed by atoms with Crippen molar-refractivity contribution in [3.8, 4) is 79.4 Å². The molecule has 0 aliphatic carbocycles. The van der Waals surface area contributed by atoms with Crippen LogP contribution in [-0.2, 0) is 26.2 Å². The average molecular weight is 1190 g/mol. The number of hydrogen-bond donors (Lipinski definition) is 4. The van der Waals surface area contributed by atoms with Gasteiger partial charge < -0.3 is 58.3 Å². The first-order valence-electron chi connectivity index (χ1n) is 23.5. The number of pyridine rings is 3. The summed E-state index contributed by atoms with van der Waals surface area (Å²) in [5.41, 5.74) is 4.20. The maximum absolute atomic E-state index is 12.7. The summed E-state index contributed by atoms with van der Waals surface area (Å²) in [6.45, 7) is 2.99. The monoisotopic (exact) mass is 1190 g/mol. The summed E-state index contributed by atoms with van der Waals surface area (Å²) >= 11 is 0. The molecule has 0 unspecified atom stereocenters. The summed E-state index contributed by atoms with van der Waals surface area (Å²) in [4.78, 5) is 58.2. The summed E-state index contributed by atoms with van der Waals surface area (Å²) in [5, 5.41) is 41.0. The Morgan fingerprint density at radius 2 is 0.658 bits per heavy atom. The zero-order valence-electron chi connectivity index (χ0n) is 43.3. The second-order valence-corrected chi connectivity index (χ2v) is 17.3. The first-order chi connectivity index (χ1) is 36.1. The van der Waals surface area contributed by atoms with E-state index in [0.717, 1.165) is 0 Å². The van der Waals surface area contributed by atoms with Crippen LogP contribution in [0.5, 0.6) is 46.0 Å². The van der Waals surface area contributed by atoms with E-state index in [2.05, 4.69) is 29.7 Å². The van der Waals surface area contributed by atoms with E-state index < -0.39 is 17.9 Å². The second kappa shape index (κ2) is 26.7. The van der Waals surface area contributed by atoms with Crippen molar-refractivity contribution in [2.45, 2.75) is 26.2 Å². The Hall–Kier alpha value is -6.95. The van der Waals surface area contributed by atoms with Gasteiger partial charge in [-0.3, -0.25) is 14.7 Å². The number of rotatable bonds is 21. The molecular formula is C54H60N6O15Tb+3. The predicted molar refractivity (Wildman–Crippen MR) is 274 cm³/mol. The Morgan fingerprint density at radius 1 is 0.408 bits per heavy atom. The van der Waals surface area contributed by atoms with E-state index in [9.17, 15) is 34.8 Å². The Kier molecular flexibility index (Phi) is 20.5. The average Bonchev–Trinajstić information content (AvgIpc) is 3.51. The number of carboxylic acids is 3. The van der Waals surface area contributed by atoms with Crippen LogP contribution >= 0.6 is 0 Å². The number of benzene rings is 3. The minimum absolute atomic E-state index is 0. The molecule has 76 heavy (non-hydrogen) atoms. The molecule has 1 aliphatic rings. The molecule has 21 nitrogen and oxygen atoms in total. The number of aromatic carboxylic acids is 3. The first kappa shape index (κ1) is 58.3. The first-order valence-corrected chi connectivity index (χ1v) is 23.5. The summed E-state index contributed by atoms with van der Waals surface area (Å²) in [6, 6.07) is 19.8. The Morgan fingerprint density at radius 3 is 0.868 bits per heavy atom. The summed E-state index contributed by atoms with van der Waals surface area (Å²) < 4.78 is 45.4. The molecule has 1 fully saturated rings. The van der Waals surface area contributed by atoms with Crippen molar-refractivity contribution in [3.05, 3.63) is 113 Å². The van der Waals surface area contributed by atoms with Crippen molar-refractivity contribution >= 4 is 17.9 Å². The molecule has 0 atom stereocenters. The topological polar surface area (TPSA) is 254 Å². The maximum atomic E-state index is 12.7. The fourth-order valence-electron chi connectivity index (χ4n) is 9.04. The molecule has 6 aromatic rings. The van der Waals surface area contributed by atoms with E-state index in [4.69, 9.17) is 37.9 Å². The van der Waals surface area contributed by atoms with E-state index in [0.29, 0.717) is 141 Å². The largest absolute Gasteiger partial charge is 3.00 e. The van der Waals surface area contributed by atoms with Gasteiger partial charge in [0, 0.05) is 83.2 Å². The van der Waals surface area contributed by atoms with Crippen molar-refractivity contribution < 1.29 is 111 Å². The molecule has 0 saturated carbocycles. The van der Waals surface area contributed by atoms with Gasteiger partial charge in [0.05, 0.1) is 97.3 Å². The Labute approximate surface area is 470 Å². The van der Waals surface area contributed by atoms with Crippen LogP contribution < -0.4 is 37.9 Å². The van der Waals surface area contributed by atoms with Crippen LogP contribution in [0.2, 0.25) is 0 Å². The molecule has 402 valence electrons. The molecule has 3 aromatic heterocycles. The zero-order valence-corrected chi connectivity index (χ0v) is 45.4. The fraction of sp³-hybridized carbons (Fsp3) is 0.333. The number of carboxylic acid groups (broad SMARTS) is 3. The third kappa shape index (κ3) is 13.7. The smallest absolute Gasteiger partial charge is 0.496 e. The molecule has 1 aliphatic heterocycles. The van der Waals surface area contributed by atoms with E-state index in [1.165, 1.54) is 75.1 Å². The van der Waals surface area contributed by atoms with Crippen LogP contribution in [0, 0.1) is 38.6 Å². The molecule has 4 N–H and O–H groups in total. The summed E-state index contributed by atoms with van der Waals surface area (Å²) in [7, 11) is 12.0. The van der Waals surface area contributed by atoms with Crippen LogP contribution in [0.1, 0.15) is 54.1 Å². The number of hydrogen-bond acceptors (Lipinski definition) is 18. The van der Waals surface area contributed by atoms with Gasteiger partial charge in [0.25, 0.3) is 0 Å². The molecule has 0 amide bonds. The van der Waals surface area contributed by atoms with Crippen LogP contribution in [0.4, 0.5) is 0 Å². The van der Waals surface area contributed by atoms with Crippen molar-refractivity contribution in [1.29, 1.82) is 0 Å². The van der Waals surface area contributed by atoms with Gasteiger partial charge in [-0.05, 0) is 70.8 Å². The normalized spacial score (nSPS) is 13.3. The molecule has 22 heteroatoms. The standard InChI is InChI=1S/C54H60N6O15.Tb/c1-68-38-23-45(72-5)50(46(24-38)73-6)33-18-36(56-41(21-33)53(64)65)28-59-11-9-58(27-35-17-32(20-40(55-35)52(62)63)49-43(70-3)15-31(30-61)16-44(49)71-4)10-12-60(14-13-59)29-37-19-34(22-42(57-37)54(66)67)51-47(74-7)25-39(69-2)26-48(51)75-8;/h15-26,61H,9-14,27-30H2,1-8H3,(H,62,63)(H,64,65)(H,66,67);/q;+3. The van der Waals surface area contributed by atoms with Crippen molar-refractivity contribution in [3.63, 3.8) is 0 Å². The quantitative estimate of drug-likeness (QED) is 0.0612. The van der Waals surface area contributed by atoms with Gasteiger partial charge in [-0.1, -0.05) is 0 Å². The van der Waals surface area contributed by atoms with Gasteiger partial charge in [0.1, 0.15) is 63.1 Å². The summed E-state index contributed by atoms with van der Waals surface area (Å²) in [5.74, 6) is -0.466. The van der Waals surface area contributed by atoms with Crippen LogP contribution in [-0.4, -0.2) is 164 Å². The number of aromatic nitrogens is 3. The molecule has 7 rings (SSSR count). The van der Waals surface area contributed by atoms with Gasteiger partial charge in [-0.2, -0.15) is 0 Å². The van der Waals surface area contributed by atoms with Gasteiger partial charge in [0.2, 0.25) is 0 Å². The summed E-state index contributed by atoms with van der Waals surface area (Å²) in [6.07, 6.45) is 0.